The lowest BCUT2D eigenvalue weighted by Crippen LogP contribution is -2.27. The van der Waals surface area contributed by atoms with Crippen LogP contribution in [0.5, 0.6) is 5.75 Å². The fourth-order valence-electron chi connectivity index (χ4n) is 3.36. The van der Waals surface area contributed by atoms with E-state index in [4.69, 9.17) is 49.0 Å². The van der Waals surface area contributed by atoms with Gasteiger partial charge in [0, 0.05) is 23.2 Å². The fraction of sp³-hybridized carbons (Fsp3) is 0.393. The summed E-state index contributed by atoms with van der Waals surface area (Å²) < 4.78 is 14.7. The van der Waals surface area contributed by atoms with E-state index in [0.29, 0.717) is 23.8 Å². The van der Waals surface area contributed by atoms with Crippen LogP contribution >= 0.6 is 34.8 Å². The van der Waals surface area contributed by atoms with Crippen molar-refractivity contribution in [1.29, 1.82) is 0 Å². The van der Waals surface area contributed by atoms with Crippen LogP contribution in [-0.2, 0) is 14.3 Å². The molecule has 0 unspecified atom stereocenters. The number of pyridine rings is 1. The van der Waals surface area contributed by atoms with E-state index in [0.717, 1.165) is 12.8 Å². The van der Waals surface area contributed by atoms with E-state index in [9.17, 15) is 24.3 Å². The van der Waals surface area contributed by atoms with E-state index in [1.165, 1.54) is 37.5 Å². The van der Waals surface area contributed by atoms with Gasteiger partial charge in [-0.3, -0.25) is 9.59 Å². The van der Waals surface area contributed by atoms with Gasteiger partial charge in [-0.15, -0.1) is 0 Å². The van der Waals surface area contributed by atoms with Crippen LogP contribution in [0.15, 0.2) is 30.8 Å². The molecule has 0 spiro atoms. The summed E-state index contributed by atoms with van der Waals surface area (Å²) in [7, 11) is 1.41. The van der Waals surface area contributed by atoms with Crippen molar-refractivity contribution < 1.29 is 38.5 Å². The number of amides is 1. The summed E-state index contributed by atoms with van der Waals surface area (Å²) in [5.74, 6) is -2.58. The summed E-state index contributed by atoms with van der Waals surface area (Å²) in [6, 6.07) is 5.62. The number of carbonyl (C=O) groups is 4. The molecule has 1 heterocycles. The third-order valence-corrected chi connectivity index (χ3v) is 5.67. The smallest absolute Gasteiger partial charge is 0.360 e. The van der Waals surface area contributed by atoms with Gasteiger partial charge in [0.25, 0.3) is 5.91 Å². The Balaban J connectivity index is 0.00000138. The number of esters is 2. The molecule has 222 valence electrons. The lowest BCUT2D eigenvalue weighted by atomic mass is 9.95. The van der Waals surface area contributed by atoms with E-state index in [1.54, 1.807) is 20.8 Å². The van der Waals surface area contributed by atoms with Crippen LogP contribution in [0.4, 0.5) is 0 Å². The zero-order chi connectivity index (χ0) is 30.9. The fourth-order valence-corrected chi connectivity index (χ4v) is 3.36. The second-order valence-electron chi connectivity index (χ2n) is 9.87. The molecule has 0 radical (unpaired) electrons. The van der Waals surface area contributed by atoms with E-state index in [2.05, 4.69) is 16.9 Å². The highest BCUT2D eigenvalue weighted by Gasteiger charge is 2.27. The van der Waals surface area contributed by atoms with Crippen molar-refractivity contribution in [3.63, 3.8) is 0 Å². The molecule has 2 aromatic rings. The maximum Gasteiger partial charge on any atom is 0.360 e. The summed E-state index contributed by atoms with van der Waals surface area (Å²) in [5, 5.41) is 12.6. The van der Waals surface area contributed by atoms with E-state index in [-0.39, 0.29) is 28.1 Å². The topological polar surface area (TPSA) is 141 Å². The predicted molar refractivity (Wildman–Crippen MR) is 156 cm³/mol. The molecular formula is C28H31Cl3N2O8. The lowest BCUT2D eigenvalue weighted by molar-refractivity contribution is -0.161. The standard InChI is InChI=1S/C27H30N2O8.CHCl3/c1-6-16-11-19(24(31)32)18(12-21(16)35-5)17-9-10-20(23(30)28-13-15-7-8-15)29-22(17)25(33)36-14-37-26(34)27(2,3)4;2-1(3)4/h6,9-12,15H,1,7-8,13-14H2,2-5H3,(H,28,30)(H,31,32);1H. The molecule has 1 aliphatic carbocycles. The Labute approximate surface area is 252 Å². The van der Waals surface area contributed by atoms with Gasteiger partial charge in [0.2, 0.25) is 6.79 Å². The Morgan fingerprint density at radius 1 is 1.12 bits per heavy atom. The van der Waals surface area contributed by atoms with Gasteiger partial charge in [-0.05, 0) is 63.8 Å². The molecule has 1 fully saturated rings. The van der Waals surface area contributed by atoms with Gasteiger partial charge in [0.1, 0.15) is 11.4 Å². The Hall–Kier alpha value is -3.34. The van der Waals surface area contributed by atoms with E-state index in [1.807, 2.05) is 0 Å². The van der Waals surface area contributed by atoms with Crippen LogP contribution in [0.2, 0.25) is 0 Å². The molecular weight excluding hydrogens is 599 g/mol. The molecule has 0 aliphatic heterocycles. The molecule has 1 aromatic heterocycles. The number of benzene rings is 1. The van der Waals surface area contributed by atoms with Crippen LogP contribution in [0.25, 0.3) is 17.2 Å². The molecule has 2 N–H and O–H groups in total. The molecule has 13 heteroatoms. The molecule has 10 nitrogen and oxygen atoms in total. The number of hydrogen-bond acceptors (Lipinski definition) is 8. The van der Waals surface area contributed by atoms with Crippen LogP contribution in [-0.4, -0.2) is 58.6 Å². The van der Waals surface area contributed by atoms with Crippen LogP contribution in [0.3, 0.4) is 0 Å². The van der Waals surface area contributed by atoms with Gasteiger partial charge in [-0.1, -0.05) is 47.5 Å². The normalized spacial score (nSPS) is 12.5. The van der Waals surface area contributed by atoms with Crippen molar-refractivity contribution in [3.8, 4) is 16.9 Å². The average molecular weight is 630 g/mol. The first-order valence-corrected chi connectivity index (χ1v) is 13.6. The highest BCUT2D eigenvalue weighted by atomic mass is 35.6. The largest absolute Gasteiger partial charge is 0.496 e. The number of aromatic carboxylic acids is 1. The number of carboxylic acid groups (broad SMARTS) is 1. The third kappa shape index (κ3) is 10.2. The quantitative estimate of drug-likeness (QED) is 0.186. The monoisotopic (exact) mass is 628 g/mol. The Morgan fingerprint density at radius 3 is 2.27 bits per heavy atom. The third-order valence-electron chi connectivity index (χ3n) is 5.67. The number of nitrogens with one attached hydrogen (secondary N) is 1. The summed E-state index contributed by atoms with van der Waals surface area (Å²) in [5.41, 5.74) is -0.669. The summed E-state index contributed by atoms with van der Waals surface area (Å²) in [6.45, 7) is 8.43. The Morgan fingerprint density at radius 2 is 1.76 bits per heavy atom. The number of alkyl halides is 3. The molecule has 0 atom stereocenters. The molecule has 1 saturated carbocycles. The van der Waals surface area contributed by atoms with Crippen LogP contribution < -0.4 is 10.1 Å². The van der Waals surface area contributed by atoms with Gasteiger partial charge in [0.05, 0.1) is 18.1 Å². The first kappa shape index (κ1) is 33.9. The molecule has 1 aliphatic rings. The van der Waals surface area contributed by atoms with Gasteiger partial charge < -0.3 is 24.6 Å². The number of nitrogens with zero attached hydrogens (tertiary/aromatic N) is 1. The highest BCUT2D eigenvalue weighted by Crippen LogP contribution is 2.34. The predicted octanol–water partition coefficient (Wildman–Crippen LogP) is 5.93. The minimum Gasteiger partial charge on any atom is -0.496 e. The first-order chi connectivity index (χ1) is 19.2. The number of methoxy groups -OCH3 is 1. The summed E-state index contributed by atoms with van der Waals surface area (Å²) in [4.78, 5) is 54.0. The SMILES string of the molecule is C=Cc1cc(C(=O)O)c(-c2ccc(C(=O)NCC3CC3)nc2C(=O)OCOC(=O)C(C)(C)C)cc1OC.ClC(Cl)Cl. The van der Waals surface area contributed by atoms with Crippen molar-refractivity contribution in [2.45, 2.75) is 37.9 Å². The van der Waals surface area contributed by atoms with Gasteiger partial charge in [-0.25, -0.2) is 14.6 Å². The van der Waals surface area contributed by atoms with Crippen LogP contribution in [0, 0.1) is 11.3 Å². The lowest BCUT2D eigenvalue weighted by Gasteiger charge is -2.17. The number of halogens is 3. The van der Waals surface area contributed by atoms with Crippen molar-refractivity contribution in [3.05, 3.63) is 53.4 Å². The molecule has 41 heavy (non-hydrogen) atoms. The summed E-state index contributed by atoms with van der Waals surface area (Å²) >= 11 is 14.4. The number of hydrogen-bond donors (Lipinski definition) is 2. The van der Waals surface area contributed by atoms with Crippen LogP contribution in [0.1, 0.15) is 70.5 Å². The number of carboxylic acids is 1. The van der Waals surface area contributed by atoms with Crippen molar-refractivity contribution in [1.82, 2.24) is 10.3 Å². The van der Waals surface area contributed by atoms with Gasteiger partial charge >= 0.3 is 17.9 Å². The molecule has 0 saturated heterocycles. The van der Waals surface area contributed by atoms with Crippen molar-refractivity contribution in [2.24, 2.45) is 11.3 Å². The Kier molecular flexibility index (Phi) is 12.4. The minimum atomic E-state index is -1.26. The average Bonchev–Trinajstić information content (AvgIpc) is 3.74. The molecule has 1 amide bonds. The second-order valence-corrected chi connectivity index (χ2v) is 11.9. The maximum atomic E-state index is 13.1. The van der Waals surface area contributed by atoms with Crippen molar-refractivity contribution in [2.75, 3.05) is 20.4 Å². The molecule has 3 rings (SSSR count). The molecule has 1 aromatic carbocycles. The Bertz CT molecular complexity index is 1300. The number of ether oxygens (including phenoxy) is 3. The van der Waals surface area contributed by atoms with E-state index < -0.39 is 40.3 Å². The van der Waals surface area contributed by atoms with Gasteiger partial charge in [0.15, 0.2) is 9.99 Å². The zero-order valence-electron chi connectivity index (χ0n) is 23.0. The maximum absolute atomic E-state index is 13.1. The number of aromatic nitrogens is 1. The highest BCUT2D eigenvalue weighted by molar-refractivity contribution is 6.63. The first-order valence-electron chi connectivity index (χ1n) is 12.3. The number of rotatable bonds is 10. The molecule has 0 bridgehead atoms. The van der Waals surface area contributed by atoms with Gasteiger partial charge in [-0.2, -0.15) is 0 Å². The minimum absolute atomic E-state index is 0.0467. The van der Waals surface area contributed by atoms with E-state index >= 15 is 0 Å². The van der Waals surface area contributed by atoms with Crippen molar-refractivity contribution >= 4 is 64.7 Å². The number of carbonyl (C=O) groups excluding carboxylic acids is 3. The summed E-state index contributed by atoms with van der Waals surface area (Å²) in [6.07, 6.45) is 3.52. The zero-order valence-corrected chi connectivity index (χ0v) is 25.2. The second kappa shape index (κ2) is 15.0.